The van der Waals surface area contributed by atoms with Crippen LogP contribution >= 0.6 is 0 Å². The molecule has 0 radical (unpaired) electrons. The highest BCUT2D eigenvalue weighted by Crippen LogP contribution is 2.32. The van der Waals surface area contributed by atoms with Crippen LogP contribution < -0.4 is 9.62 Å². The van der Waals surface area contributed by atoms with Gasteiger partial charge in [-0.15, -0.1) is 0 Å². The fourth-order valence-corrected chi connectivity index (χ4v) is 5.42. The molecule has 0 aliphatic heterocycles. The Kier molecular flexibility index (Phi) is 6.64. The van der Waals surface area contributed by atoms with Gasteiger partial charge in [-0.2, -0.15) is 0 Å². The lowest BCUT2D eigenvalue weighted by molar-refractivity contribution is -0.384. The minimum Gasteiger partial charge on any atom is -0.347 e. The van der Waals surface area contributed by atoms with Crippen molar-refractivity contribution in [3.8, 4) is 0 Å². The maximum Gasteiger partial charge on any atom is 0.271 e. The molecule has 0 unspecified atom stereocenters. The predicted molar refractivity (Wildman–Crippen MR) is 119 cm³/mol. The van der Waals surface area contributed by atoms with Gasteiger partial charge in [0.1, 0.15) is 6.04 Å². The van der Waals surface area contributed by atoms with E-state index in [4.69, 9.17) is 0 Å². The number of carbonyl (C=O) groups is 1. The first-order valence-corrected chi connectivity index (χ1v) is 12.1. The predicted octanol–water partition coefficient (Wildman–Crippen LogP) is 3.64. The molecule has 2 atom stereocenters. The van der Waals surface area contributed by atoms with Crippen LogP contribution in [-0.4, -0.2) is 31.5 Å². The summed E-state index contributed by atoms with van der Waals surface area (Å²) in [6.45, 7) is 3.39. The summed E-state index contributed by atoms with van der Waals surface area (Å²) in [7, 11) is -3.89. The average Bonchev–Trinajstić information content (AvgIpc) is 2.71. The van der Waals surface area contributed by atoms with Crippen molar-refractivity contribution in [3.63, 3.8) is 0 Å². The zero-order valence-corrected chi connectivity index (χ0v) is 18.7. The van der Waals surface area contributed by atoms with E-state index in [1.54, 1.807) is 13.8 Å². The van der Waals surface area contributed by atoms with Gasteiger partial charge in [0, 0.05) is 12.1 Å². The second kappa shape index (κ2) is 9.05. The Morgan fingerprint density at radius 2 is 2.00 bits per heavy atom. The molecule has 1 amide bonds. The average molecular weight is 446 g/mol. The third-order valence-electron chi connectivity index (χ3n) is 5.66. The van der Waals surface area contributed by atoms with Crippen LogP contribution in [0.25, 0.3) is 0 Å². The fraction of sp³-hybridized carbons (Fsp3) is 0.409. The molecule has 0 aromatic heterocycles. The normalized spacial score (nSPS) is 16.8. The first-order valence-electron chi connectivity index (χ1n) is 10.3. The maximum absolute atomic E-state index is 13.3. The van der Waals surface area contributed by atoms with E-state index in [1.165, 1.54) is 23.8 Å². The van der Waals surface area contributed by atoms with Crippen LogP contribution in [0.1, 0.15) is 48.9 Å². The van der Waals surface area contributed by atoms with Crippen LogP contribution in [0, 0.1) is 17.0 Å². The van der Waals surface area contributed by atoms with Crippen molar-refractivity contribution >= 4 is 27.3 Å². The molecule has 1 aliphatic rings. The summed E-state index contributed by atoms with van der Waals surface area (Å²) in [5.74, 6) is -0.416. The van der Waals surface area contributed by atoms with Crippen LogP contribution in [0.4, 0.5) is 11.4 Å². The molecule has 0 saturated carbocycles. The zero-order chi connectivity index (χ0) is 22.8. The van der Waals surface area contributed by atoms with Gasteiger partial charge in [-0.05, 0) is 49.3 Å². The highest BCUT2D eigenvalue weighted by atomic mass is 32.2. The molecule has 1 N–H and O–H groups in total. The third kappa shape index (κ3) is 4.87. The van der Waals surface area contributed by atoms with Gasteiger partial charge in [0.2, 0.25) is 15.9 Å². The number of nitrogens with zero attached hydrogens (tertiary/aromatic N) is 2. The number of nitrogens with one attached hydrogen (secondary N) is 1. The highest BCUT2D eigenvalue weighted by Gasteiger charge is 2.35. The van der Waals surface area contributed by atoms with Crippen molar-refractivity contribution in [1.29, 1.82) is 0 Å². The van der Waals surface area contributed by atoms with E-state index in [-0.39, 0.29) is 23.8 Å². The molecule has 0 heterocycles. The van der Waals surface area contributed by atoms with Gasteiger partial charge in [-0.25, -0.2) is 8.42 Å². The molecule has 2 aromatic rings. The molecule has 0 spiro atoms. The van der Waals surface area contributed by atoms with Crippen molar-refractivity contribution in [1.82, 2.24) is 5.32 Å². The number of hydrogen-bond acceptors (Lipinski definition) is 5. The molecule has 3 rings (SSSR count). The lowest BCUT2D eigenvalue weighted by atomic mass is 9.87. The molecular weight excluding hydrogens is 418 g/mol. The van der Waals surface area contributed by atoms with Gasteiger partial charge < -0.3 is 5.32 Å². The molecule has 2 aromatic carbocycles. The van der Waals surface area contributed by atoms with Crippen molar-refractivity contribution in [2.24, 2.45) is 0 Å². The zero-order valence-electron chi connectivity index (χ0n) is 17.9. The lowest BCUT2D eigenvalue weighted by Crippen LogP contribution is -2.50. The van der Waals surface area contributed by atoms with E-state index >= 15 is 0 Å². The minimum absolute atomic E-state index is 0.141. The number of rotatable bonds is 7. The van der Waals surface area contributed by atoms with Gasteiger partial charge in [-0.3, -0.25) is 19.2 Å². The monoisotopic (exact) mass is 445 g/mol. The Morgan fingerprint density at radius 1 is 1.29 bits per heavy atom. The number of nitro benzene ring substituents is 1. The molecule has 0 saturated heterocycles. The topological polar surface area (TPSA) is 110 Å². The van der Waals surface area contributed by atoms with Crippen molar-refractivity contribution in [2.75, 3.05) is 10.6 Å². The number of hydrogen-bond donors (Lipinski definition) is 1. The number of aryl methyl sites for hydroxylation is 2. The van der Waals surface area contributed by atoms with Crippen LogP contribution in [0.3, 0.4) is 0 Å². The van der Waals surface area contributed by atoms with Crippen LogP contribution in [0.15, 0.2) is 42.5 Å². The molecule has 0 bridgehead atoms. The number of nitro groups is 1. The fourth-order valence-electron chi connectivity index (χ4n) is 4.16. The van der Waals surface area contributed by atoms with E-state index in [1.807, 2.05) is 24.3 Å². The SMILES string of the molecule is CC[C@@H](C(=O)N[C@H]1CCCc2ccccc21)N(c1cc([N+](=O)[O-])ccc1C)S(C)(=O)=O. The number of benzene rings is 2. The lowest BCUT2D eigenvalue weighted by Gasteiger charge is -2.33. The third-order valence-corrected chi connectivity index (χ3v) is 6.82. The summed E-state index contributed by atoms with van der Waals surface area (Å²) in [5.41, 5.74) is 2.68. The summed E-state index contributed by atoms with van der Waals surface area (Å²) in [6, 6.07) is 10.7. The smallest absolute Gasteiger partial charge is 0.271 e. The summed E-state index contributed by atoms with van der Waals surface area (Å²) in [6.07, 6.45) is 3.88. The van der Waals surface area contributed by atoms with Crippen LogP contribution in [0.5, 0.6) is 0 Å². The maximum atomic E-state index is 13.3. The molecule has 0 fully saturated rings. The first kappa shape index (κ1) is 22.7. The molecule has 8 nitrogen and oxygen atoms in total. The quantitative estimate of drug-likeness (QED) is 0.517. The van der Waals surface area contributed by atoms with Crippen molar-refractivity contribution in [3.05, 3.63) is 69.3 Å². The van der Waals surface area contributed by atoms with Crippen LogP contribution in [-0.2, 0) is 21.2 Å². The number of fused-ring (bicyclic) bond motifs is 1. The van der Waals surface area contributed by atoms with Crippen LogP contribution in [0.2, 0.25) is 0 Å². The summed E-state index contributed by atoms with van der Waals surface area (Å²) in [4.78, 5) is 24.0. The van der Waals surface area contributed by atoms with Crippen molar-refractivity contribution < 1.29 is 18.1 Å². The molecular formula is C22H27N3O5S. The van der Waals surface area contributed by atoms with E-state index in [9.17, 15) is 23.3 Å². The second-order valence-corrected chi connectivity index (χ2v) is 9.72. The molecule has 166 valence electrons. The van der Waals surface area contributed by atoms with Gasteiger partial charge in [-0.1, -0.05) is 37.3 Å². The van der Waals surface area contributed by atoms with Crippen molar-refractivity contribution in [2.45, 2.75) is 51.6 Å². The molecule has 9 heteroatoms. The minimum atomic E-state index is -3.89. The van der Waals surface area contributed by atoms with E-state index < -0.39 is 26.9 Å². The van der Waals surface area contributed by atoms with E-state index in [2.05, 4.69) is 5.32 Å². The second-order valence-electron chi connectivity index (χ2n) is 7.86. The first-order chi connectivity index (χ1) is 14.6. The standard InChI is InChI=1S/C22H27N3O5S/c1-4-20(22(26)23-19-11-7-9-16-8-5-6-10-18(16)19)24(31(3,29)30)21-14-17(25(27)28)13-12-15(21)2/h5-6,8,10,12-14,19-20H,4,7,9,11H2,1-3H3,(H,23,26)/t19-,20-/m0/s1. The molecule has 1 aliphatic carbocycles. The highest BCUT2D eigenvalue weighted by molar-refractivity contribution is 7.92. The number of carbonyl (C=O) groups excluding carboxylic acids is 1. The summed E-state index contributed by atoms with van der Waals surface area (Å²) in [5, 5.41) is 14.3. The number of anilines is 1. The van der Waals surface area contributed by atoms with Gasteiger partial charge in [0.15, 0.2) is 0 Å². The van der Waals surface area contributed by atoms with Gasteiger partial charge in [0.25, 0.3) is 5.69 Å². The summed E-state index contributed by atoms with van der Waals surface area (Å²) < 4.78 is 26.5. The number of amides is 1. The van der Waals surface area contributed by atoms with E-state index in [0.29, 0.717) is 5.56 Å². The largest absolute Gasteiger partial charge is 0.347 e. The Hall–Kier alpha value is -2.94. The Balaban J connectivity index is 1.97. The van der Waals surface area contributed by atoms with Gasteiger partial charge in [0.05, 0.1) is 22.9 Å². The van der Waals surface area contributed by atoms with Gasteiger partial charge >= 0.3 is 0 Å². The molecule has 31 heavy (non-hydrogen) atoms. The number of sulfonamides is 1. The Bertz CT molecular complexity index is 1100. The Labute approximate surface area is 182 Å². The summed E-state index contributed by atoms with van der Waals surface area (Å²) >= 11 is 0. The Morgan fingerprint density at radius 3 is 2.65 bits per heavy atom. The number of non-ortho nitro benzene ring substituents is 1. The van der Waals surface area contributed by atoms with E-state index in [0.717, 1.165) is 35.4 Å².